The number of hydrogen-bond acceptors (Lipinski definition) is 3. The molecule has 16 heavy (non-hydrogen) atoms. The van der Waals surface area contributed by atoms with Crippen LogP contribution in [0.25, 0.3) is 0 Å². The molecule has 0 bridgehead atoms. The van der Waals surface area contributed by atoms with Crippen LogP contribution >= 0.6 is 11.3 Å². The quantitative estimate of drug-likeness (QED) is 0.743. The van der Waals surface area contributed by atoms with Crippen LogP contribution in [0.3, 0.4) is 0 Å². The third-order valence-electron chi connectivity index (χ3n) is 2.05. The van der Waals surface area contributed by atoms with Crippen LogP contribution in [-0.2, 0) is 16.0 Å². The molecule has 1 aromatic heterocycles. The van der Waals surface area contributed by atoms with Gasteiger partial charge in [0.1, 0.15) is 0 Å². The topological polar surface area (TPSA) is 38.3 Å². The van der Waals surface area contributed by atoms with Gasteiger partial charge >= 0.3 is 0 Å². The minimum absolute atomic E-state index is 0.0979. The van der Waals surface area contributed by atoms with Crippen LogP contribution in [-0.4, -0.2) is 25.2 Å². The minimum atomic E-state index is 0.0979. The van der Waals surface area contributed by atoms with Crippen molar-refractivity contribution in [2.75, 3.05) is 13.2 Å². The van der Waals surface area contributed by atoms with Gasteiger partial charge in [0.05, 0.1) is 12.7 Å². The van der Waals surface area contributed by atoms with E-state index in [2.05, 4.69) is 11.4 Å². The SMILES string of the molecule is CC(C)OCCNC(=O)CCc1cccs1. The van der Waals surface area contributed by atoms with Crippen LogP contribution in [0.4, 0.5) is 0 Å². The van der Waals surface area contributed by atoms with Crippen LogP contribution in [0.5, 0.6) is 0 Å². The van der Waals surface area contributed by atoms with E-state index in [-0.39, 0.29) is 12.0 Å². The number of rotatable bonds is 7. The van der Waals surface area contributed by atoms with Crippen LogP contribution in [0.1, 0.15) is 25.1 Å². The Bertz CT molecular complexity index is 296. The summed E-state index contributed by atoms with van der Waals surface area (Å²) in [6.07, 6.45) is 1.61. The molecule has 0 aliphatic heterocycles. The number of thiophene rings is 1. The van der Waals surface area contributed by atoms with Crippen LogP contribution in [0, 0.1) is 0 Å². The fourth-order valence-electron chi connectivity index (χ4n) is 1.27. The number of carbonyl (C=O) groups is 1. The maximum Gasteiger partial charge on any atom is 0.220 e. The van der Waals surface area contributed by atoms with Gasteiger partial charge in [0.2, 0.25) is 5.91 Å². The molecule has 1 amide bonds. The van der Waals surface area contributed by atoms with Crippen molar-refractivity contribution in [1.82, 2.24) is 5.32 Å². The number of hydrogen-bond donors (Lipinski definition) is 1. The van der Waals surface area contributed by atoms with E-state index in [4.69, 9.17) is 4.74 Å². The average molecular weight is 241 g/mol. The highest BCUT2D eigenvalue weighted by Gasteiger charge is 2.02. The summed E-state index contributed by atoms with van der Waals surface area (Å²) in [5, 5.41) is 4.87. The first-order chi connectivity index (χ1) is 7.68. The van der Waals surface area contributed by atoms with E-state index >= 15 is 0 Å². The highest BCUT2D eigenvalue weighted by molar-refractivity contribution is 7.09. The largest absolute Gasteiger partial charge is 0.377 e. The lowest BCUT2D eigenvalue weighted by Crippen LogP contribution is -2.28. The number of aryl methyl sites for hydroxylation is 1. The van der Waals surface area contributed by atoms with Gasteiger partial charge in [-0.1, -0.05) is 6.07 Å². The molecule has 90 valence electrons. The molecule has 1 N–H and O–H groups in total. The van der Waals surface area contributed by atoms with E-state index in [1.54, 1.807) is 11.3 Å². The smallest absolute Gasteiger partial charge is 0.220 e. The van der Waals surface area contributed by atoms with Crippen molar-refractivity contribution < 1.29 is 9.53 Å². The van der Waals surface area contributed by atoms with E-state index in [9.17, 15) is 4.79 Å². The van der Waals surface area contributed by atoms with Crippen LogP contribution in [0.15, 0.2) is 17.5 Å². The summed E-state index contributed by atoms with van der Waals surface area (Å²) in [5.74, 6) is 0.0979. The van der Waals surface area contributed by atoms with Gasteiger partial charge in [-0.25, -0.2) is 0 Å². The second-order valence-electron chi connectivity index (χ2n) is 3.85. The lowest BCUT2D eigenvalue weighted by Gasteiger charge is -2.08. The molecule has 0 radical (unpaired) electrons. The molecule has 1 rings (SSSR count). The number of carbonyl (C=O) groups excluding carboxylic acids is 1. The van der Waals surface area contributed by atoms with Gasteiger partial charge in [-0.15, -0.1) is 11.3 Å². The monoisotopic (exact) mass is 241 g/mol. The maximum absolute atomic E-state index is 11.4. The summed E-state index contributed by atoms with van der Waals surface area (Å²) < 4.78 is 5.33. The number of amides is 1. The molecule has 4 heteroatoms. The third-order valence-corrected chi connectivity index (χ3v) is 2.99. The molecule has 0 fully saturated rings. The molecule has 0 aliphatic rings. The summed E-state index contributed by atoms with van der Waals surface area (Å²) in [4.78, 5) is 12.7. The highest BCUT2D eigenvalue weighted by atomic mass is 32.1. The summed E-state index contributed by atoms with van der Waals surface area (Å²) in [6.45, 7) is 5.15. The highest BCUT2D eigenvalue weighted by Crippen LogP contribution is 2.10. The molecule has 0 unspecified atom stereocenters. The maximum atomic E-state index is 11.4. The van der Waals surface area contributed by atoms with E-state index in [1.807, 2.05) is 25.3 Å². The van der Waals surface area contributed by atoms with Gasteiger partial charge in [0.25, 0.3) is 0 Å². The molecule has 1 heterocycles. The molecular weight excluding hydrogens is 222 g/mol. The van der Waals surface area contributed by atoms with Crippen molar-refractivity contribution >= 4 is 17.2 Å². The molecule has 1 aromatic rings. The first kappa shape index (κ1) is 13.2. The first-order valence-electron chi connectivity index (χ1n) is 5.59. The molecule has 0 spiro atoms. The Balaban J connectivity index is 2.03. The van der Waals surface area contributed by atoms with Gasteiger partial charge in [0.15, 0.2) is 0 Å². The fraction of sp³-hybridized carbons (Fsp3) is 0.583. The van der Waals surface area contributed by atoms with Gasteiger partial charge in [-0.3, -0.25) is 4.79 Å². The van der Waals surface area contributed by atoms with E-state index in [1.165, 1.54) is 4.88 Å². The zero-order valence-electron chi connectivity index (χ0n) is 9.86. The van der Waals surface area contributed by atoms with Crippen LogP contribution in [0.2, 0.25) is 0 Å². The second kappa shape index (κ2) is 7.41. The van der Waals surface area contributed by atoms with Crippen molar-refractivity contribution in [3.63, 3.8) is 0 Å². The van der Waals surface area contributed by atoms with Crippen LogP contribution < -0.4 is 5.32 Å². The summed E-state index contributed by atoms with van der Waals surface area (Å²) in [5.41, 5.74) is 0. The minimum Gasteiger partial charge on any atom is -0.377 e. The van der Waals surface area contributed by atoms with Gasteiger partial charge in [-0.05, 0) is 31.7 Å². The Morgan fingerprint density at radius 2 is 2.38 bits per heavy atom. The normalized spacial score (nSPS) is 10.7. The second-order valence-corrected chi connectivity index (χ2v) is 4.88. The van der Waals surface area contributed by atoms with Gasteiger partial charge in [-0.2, -0.15) is 0 Å². The summed E-state index contributed by atoms with van der Waals surface area (Å²) in [7, 11) is 0. The Labute approximate surface area is 101 Å². The molecule has 0 saturated heterocycles. The van der Waals surface area contributed by atoms with Crippen molar-refractivity contribution in [1.29, 1.82) is 0 Å². The molecular formula is C12H19NO2S. The van der Waals surface area contributed by atoms with Gasteiger partial charge < -0.3 is 10.1 Å². The number of ether oxygens (including phenoxy) is 1. The Hall–Kier alpha value is -0.870. The van der Waals surface area contributed by atoms with E-state index < -0.39 is 0 Å². The molecule has 3 nitrogen and oxygen atoms in total. The predicted molar refractivity (Wildman–Crippen MR) is 66.7 cm³/mol. The molecule has 0 saturated carbocycles. The van der Waals surface area contributed by atoms with Crippen molar-refractivity contribution in [3.05, 3.63) is 22.4 Å². The Morgan fingerprint density at radius 1 is 1.56 bits per heavy atom. The molecule has 0 aromatic carbocycles. The third kappa shape index (κ3) is 5.88. The number of nitrogens with one attached hydrogen (secondary N) is 1. The lowest BCUT2D eigenvalue weighted by molar-refractivity contribution is -0.121. The average Bonchev–Trinajstić information content (AvgIpc) is 2.74. The summed E-state index contributed by atoms with van der Waals surface area (Å²) >= 11 is 1.69. The Kier molecular flexibility index (Phi) is 6.11. The van der Waals surface area contributed by atoms with Crippen molar-refractivity contribution in [2.24, 2.45) is 0 Å². The molecule has 0 atom stereocenters. The first-order valence-corrected chi connectivity index (χ1v) is 6.47. The molecule has 0 aliphatic carbocycles. The Morgan fingerprint density at radius 3 is 3.00 bits per heavy atom. The zero-order chi connectivity index (χ0) is 11.8. The van der Waals surface area contributed by atoms with E-state index in [0.717, 1.165) is 6.42 Å². The fourth-order valence-corrected chi connectivity index (χ4v) is 1.97. The van der Waals surface area contributed by atoms with Gasteiger partial charge in [0, 0.05) is 17.8 Å². The summed E-state index contributed by atoms with van der Waals surface area (Å²) in [6, 6.07) is 4.06. The van der Waals surface area contributed by atoms with Crippen molar-refractivity contribution in [3.8, 4) is 0 Å². The van der Waals surface area contributed by atoms with E-state index in [0.29, 0.717) is 19.6 Å². The predicted octanol–water partition coefficient (Wildman–Crippen LogP) is 2.22. The lowest BCUT2D eigenvalue weighted by atomic mass is 10.2. The standard InChI is InChI=1S/C12H19NO2S/c1-10(2)15-8-7-13-12(14)6-5-11-4-3-9-16-11/h3-4,9-10H,5-8H2,1-2H3,(H,13,14). The van der Waals surface area contributed by atoms with Crippen molar-refractivity contribution in [2.45, 2.75) is 32.8 Å². The zero-order valence-corrected chi connectivity index (χ0v) is 10.7.